The van der Waals surface area contributed by atoms with Crippen molar-refractivity contribution >= 4 is 23.6 Å². The highest BCUT2D eigenvalue weighted by atomic mass is 32.2. The van der Waals surface area contributed by atoms with Crippen molar-refractivity contribution in [2.24, 2.45) is 7.05 Å². The number of methoxy groups -OCH3 is 1. The van der Waals surface area contributed by atoms with Crippen LogP contribution in [-0.2, 0) is 11.8 Å². The fraction of sp³-hybridized carbons (Fsp3) is 0.167. The van der Waals surface area contributed by atoms with Crippen LogP contribution in [0.25, 0.3) is 11.4 Å². The Morgan fingerprint density at radius 3 is 2.61 bits per heavy atom. The predicted octanol–water partition coefficient (Wildman–Crippen LogP) is 1.44. The third-order valence-corrected chi connectivity index (χ3v) is 4.77. The standard InChI is InChI=1S/C18H18N6O3S/c1-24-16(13-4-3-9-19-10-13)21-23-18(24)28-11-15(25)20-22-17(26)12-5-7-14(27-2)8-6-12/h3-10H,11H2,1-2H3,(H,20,25)(H,22,26). The second-order valence-electron chi connectivity index (χ2n) is 5.63. The Hall–Kier alpha value is -3.40. The molecule has 0 unspecified atom stereocenters. The van der Waals surface area contributed by atoms with Gasteiger partial charge < -0.3 is 9.30 Å². The van der Waals surface area contributed by atoms with Gasteiger partial charge in [-0.25, -0.2) is 0 Å². The normalized spacial score (nSPS) is 10.4. The van der Waals surface area contributed by atoms with Crippen molar-refractivity contribution in [3.63, 3.8) is 0 Å². The molecule has 0 radical (unpaired) electrons. The molecule has 3 aromatic rings. The number of thioether (sulfide) groups is 1. The van der Waals surface area contributed by atoms with E-state index in [4.69, 9.17) is 4.74 Å². The van der Waals surface area contributed by atoms with Crippen molar-refractivity contribution in [1.29, 1.82) is 0 Å². The average Bonchev–Trinajstić information content (AvgIpc) is 3.11. The molecule has 144 valence electrons. The highest BCUT2D eigenvalue weighted by molar-refractivity contribution is 7.99. The molecule has 0 spiro atoms. The molecule has 0 fully saturated rings. The minimum absolute atomic E-state index is 0.0713. The lowest BCUT2D eigenvalue weighted by molar-refractivity contribution is -0.119. The number of nitrogens with one attached hydrogen (secondary N) is 2. The molecule has 2 amide bonds. The highest BCUT2D eigenvalue weighted by Crippen LogP contribution is 2.21. The number of hydrogen-bond acceptors (Lipinski definition) is 7. The predicted molar refractivity (Wildman–Crippen MR) is 104 cm³/mol. The van der Waals surface area contributed by atoms with Crippen LogP contribution in [0.5, 0.6) is 5.75 Å². The smallest absolute Gasteiger partial charge is 0.269 e. The zero-order valence-corrected chi connectivity index (χ0v) is 16.1. The van der Waals surface area contributed by atoms with E-state index in [2.05, 4.69) is 26.0 Å². The number of carbonyl (C=O) groups is 2. The number of amides is 2. The van der Waals surface area contributed by atoms with Gasteiger partial charge in [0, 0.05) is 30.6 Å². The molecule has 28 heavy (non-hydrogen) atoms. The summed E-state index contributed by atoms with van der Waals surface area (Å²) in [6, 6.07) is 10.2. The number of aromatic nitrogens is 4. The number of rotatable bonds is 6. The summed E-state index contributed by atoms with van der Waals surface area (Å²) in [4.78, 5) is 28.1. The third kappa shape index (κ3) is 4.65. The fourth-order valence-corrected chi connectivity index (χ4v) is 3.01. The molecule has 0 bridgehead atoms. The largest absolute Gasteiger partial charge is 0.497 e. The van der Waals surface area contributed by atoms with Crippen molar-refractivity contribution in [2.75, 3.05) is 12.9 Å². The Morgan fingerprint density at radius 2 is 1.93 bits per heavy atom. The number of benzene rings is 1. The van der Waals surface area contributed by atoms with Gasteiger partial charge in [0.15, 0.2) is 11.0 Å². The van der Waals surface area contributed by atoms with Crippen LogP contribution in [0.3, 0.4) is 0 Å². The first-order valence-electron chi connectivity index (χ1n) is 8.24. The SMILES string of the molecule is COc1ccc(C(=O)NNC(=O)CSc2nnc(-c3cccnc3)n2C)cc1. The average molecular weight is 398 g/mol. The topological polar surface area (TPSA) is 111 Å². The molecule has 2 N–H and O–H groups in total. The minimum atomic E-state index is -0.418. The molecule has 0 saturated carbocycles. The Balaban J connectivity index is 1.50. The fourth-order valence-electron chi connectivity index (χ4n) is 2.29. The molecule has 1 aromatic carbocycles. The van der Waals surface area contributed by atoms with Crippen LogP contribution in [0.4, 0.5) is 0 Å². The van der Waals surface area contributed by atoms with Crippen LogP contribution in [-0.4, -0.2) is 44.4 Å². The number of carbonyl (C=O) groups excluding carboxylic acids is 2. The molecule has 0 aliphatic rings. The van der Waals surface area contributed by atoms with Crippen molar-refractivity contribution in [3.05, 3.63) is 54.4 Å². The molecule has 10 heteroatoms. The first kappa shape index (κ1) is 19.4. The van der Waals surface area contributed by atoms with Crippen molar-refractivity contribution < 1.29 is 14.3 Å². The molecule has 9 nitrogen and oxygen atoms in total. The van der Waals surface area contributed by atoms with E-state index in [0.29, 0.717) is 22.3 Å². The maximum absolute atomic E-state index is 12.0. The van der Waals surface area contributed by atoms with Crippen LogP contribution in [0, 0.1) is 0 Å². The molecule has 0 aliphatic heterocycles. The lowest BCUT2D eigenvalue weighted by atomic mass is 10.2. The monoisotopic (exact) mass is 398 g/mol. The van der Waals surface area contributed by atoms with Gasteiger partial charge in [0.25, 0.3) is 5.91 Å². The van der Waals surface area contributed by atoms with Gasteiger partial charge in [-0.15, -0.1) is 10.2 Å². The summed E-state index contributed by atoms with van der Waals surface area (Å²) in [7, 11) is 3.36. The molecule has 0 aliphatic carbocycles. The molecule has 2 heterocycles. The Labute approximate surface area is 165 Å². The molecule has 0 saturated heterocycles. The Morgan fingerprint density at radius 1 is 1.14 bits per heavy atom. The van der Waals surface area contributed by atoms with Gasteiger partial charge in [-0.3, -0.25) is 25.4 Å². The first-order valence-corrected chi connectivity index (χ1v) is 9.23. The van der Waals surface area contributed by atoms with Gasteiger partial charge in [0.1, 0.15) is 5.75 Å². The summed E-state index contributed by atoms with van der Waals surface area (Å²) in [6.45, 7) is 0. The summed E-state index contributed by atoms with van der Waals surface area (Å²) in [6.07, 6.45) is 3.37. The maximum atomic E-state index is 12.0. The zero-order chi connectivity index (χ0) is 19.9. The highest BCUT2D eigenvalue weighted by Gasteiger charge is 2.13. The van der Waals surface area contributed by atoms with Crippen LogP contribution >= 0.6 is 11.8 Å². The van der Waals surface area contributed by atoms with E-state index in [9.17, 15) is 9.59 Å². The van der Waals surface area contributed by atoms with Crippen molar-refractivity contribution in [3.8, 4) is 17.1 Å². The summed E-state index contributed by atoms with van der Waals surface area (Å²) in [5.41, 5.74) is 5.99. The maximum Gasteiger partial charge on any atom is 0.269 e. The molecule has 0 atom stereocenters. The van der Waals surface area contributed by atoms with Crippen LogP contribution in [0.2, 0.25) is 0 Å². The summed E-state index contributed by atoms with van der Waals surface area (Å²) in [5.74, 6) is 0.591. The quantitative estimate of drug-likeness (QED) is 0.477. The summed E-state index contributed by atoms with van der Waals surface area (Å²) < 4.78 is 6.82. The second kappa shape index (κ2) is 9.00. The molecular weight excluding hydrogens is 380 g/mol. The number of ether oxygens (including phenoxy) is 1. The van der Waals surface area contributed by atoms with E-state index in [1.807, 2.05) is 19.2 Å². The van der Waals surface area contributed by atoms with Crippen molar-refractivity contribution in [2.45, 2.75) is 5.16 Å². The molecular formula is C18H18N6O3S. The lowest BCUT2D eigenvalue weighted by Crippen LogP contribution is -2.42. The van der Waals surface area contributed by atoms with Gasteiger partial charge in [0.2, 0.25) is 5.91 Å². The van der Waals surface area contributed by atoms with E-state index in [1.165, 1.54) is 11.8 Å². The first-order chi connectivity index (χ1) is 13.6. The van der Waals surface area contributed by atoms with E-state index in [1.54, 1.807) is 48.3 Å². The summed E-state index contributed by atoms with van der Waals surface area (Å²) >= 11 is 1.21. The number of nitrogens with zero attached hydrogens (tertiary/aromatic N) is 4. The van der Waals surface area contributed by atoms with Crippen LogP contribution in [0.15, 0.2) is 53.9 Å². The van der Waals surface area contributed by atoms with E-state index >= 15 is 0 Å². The Bertz CT molecular complexity index is 959. The number of hydrazine groups is 1. The Kier molecular flexibility index (Phi) is 6.22. The molecule has 2 aromatic heterocycles. The van der Waals surface area contributed by atoms with Crippen LogP contribution in [0.1, 0.15) is 10.4 Å². The van der Waals surface area contributed by atoms with Gasteiger partial charge >= 0.3 is 0 Å². The zero-order valence-electron chi connectivity index (χ0n) is 15.2. The van der Waals surface area contributed by atoms with E-state index < -0.39 is 5.91 Å². The van der Waals surface area contributed by atoms with Gasteiger partial charge in [-0.1, -0.05) is 11.8 Å². The molecule has 3 rings (SSSR count). The van der Waals surface area contributed by atoms with Gasteiger partial charge in [-0.05, 0) is 36.4 Å². The van der Waals surface area contributed by atoms with Gasteiger partial charge in [-0.2, -0.15) is 0 Å². The summed E-state index contributed by atoms with van der Waals surface area (Å²) in [5, 5.41) is 8.80. The van der Waals surface area contributed by atoms with E-state index in [0.717, 1.165) is 5.56 Å². The minimum Gasteiger partial charge on any atom is -0.497 e. The van der Waals surface area contributed by atoms with Crippen LogP contribution < -0.4 is 15.6 Å². The lowest BCUT2D eigenvalue weighted by Gasteiger charge is -2.08. The number of pyridine rings is 1. The third-order valence-electron chi connectivity index (χ3n) is 3.75. The van der Waals surface area contributed by atoms with Crippen molar-refractivity contribution in [1.82, 2.24) is 30.6 Å². The number of hydrogen-bond donors (Lipinski definition) is 2. The van der Waals surface area contributed by atoms with Gasteiger partial charge in [0.05, 0.1) is 12.9 Å². The van der Waals surface area contributed by atoms with E-state index in [-0.39, 0.29) is 11.7 Å². The second-order valence-corrected chi connectivity index (χ2v) is 6.57.